The first-order valence-electron chi connectivity index (χ1n) is 11.9. The van der Waals surface area contributed by atoms with Gasteiger partial charge in [-0.05, 0) is 36.6 Å². The maximum Gasteiger partial charge on any atom is 0.414 e. The highest BCUT2D eigenvalue weighted by atomic mass is 16.6. The fourth-order valence-corrected chi connectivity index (χ4v) is 5.11. The molecule has 4 heteroatoms. The van der Waals surface area contributed by atoms with Crippen molar-refractivity contribution in [3.8, 4) is 0 Å². The number of nitrogens with zero attached hydrogens (tertiary/aromatic N) is 2. The van der Waals surface area contributed by atoms with Crippen LogP contribution in [0.2, 0.25) is 0 Å². The second kappa shape index (κ2) is 10.6. The van der Waals surface area contributed by atoms with E-state index < -0.39 is 0 Å². The molecule has 1 amide bonds. The minimum Gasteiger partial charge on any atom is -0.440 e. The lowest BCUT2D eigenvalue weighted by molar-refractivity contribution is -0.941. The minimum absolute atomic E-state index is 0.000687. The Labute approximate surface area is 192 Å². The van der Waals surface area contributed by atoms with Gasteiger partial charge in [-0.2, -0.15) is 0 Å². The first-order chi connectivity index (χ1) is 15.7. The molecular formula is C28H35N2O2+. The number of hydrogen-bond donors (Lipinski definition) is 0. The number of carbonyl (C=O) groups excluding carboxylic acids is 1. The molecule has 0 spiro atoms. The summed E-state index contributed by atoms with van der Waals surface area (Å²) < 4.78 is 7.21. The van der Waals surface area contributed by atoms with E-state index in [4.69, 9.17) is 4.74 Å². The van der Waals surface area contributed by atoms with E-state index in [0.717, 1.165) is 48.9 Å². The van der Waals surface area contributed by atoms with Crippen LogP contribution in [0.5, 0.6) is 0 Å². The molecule has 0 unspecified atom stereocenters. The molecule has 2 aromatic carbocycles. The van der Waals surface area contributed by atoms with E-state index in [2.05, 4.69) is 43.0 Å². The number of hydrogen-bond acceptors (Lipinski definition) is 2. The van der Waals surface area contributed by atoms with E-state index >= 15 is 0 Å². The molecule has 4 nitrogen and oxygen atoms in total. The summed E-state index contributed by atoms with van der Waals surface area (Å²) in [4.78, 5) is 15.0. The molecular weight excluding hydrogens is 396 g/mol. The van der Waals surface area contributed by atoms with Crippen LogP contribution in [0.25, 0.3) is 6.08 Å². The number of carbonyl (C=O) groups is 1. The molecule has 3 aliphatic rings. The molecule has 5 rings (SSSR count). The van der Waals surface area contributed by atoms with Crippen molar-refractivity contribution < 1.29 is 14.0 Å². The van der Waals surface area contributed by atoms with Gasteiger partial charge in [0.1, 0.15) is 6.54 Å². The normalized spacial score (nSPS) is 24.4. The van der Waals surface area contributed by atoms with E-state index in [9.17, 15) is 4.79 Å². The predicted molar refractivity (Wildman–Crippen MR) is 131 cm³/mol. The summed E-state index contributed by atoms with van der Waals surface area (Å²) in [5.74, 6) is 0.489. The van der Waals surface area contributed by atoms with Crippen LogP contribution in [0.1, 0.15) is 31.2 Å². The van der Waals surface area contributed by atoms with E-state index in [-0.39, 0.29) is 12.2 Å². The summed E-state index contributed by atoms with van der Waals surface area (Å²) >= 11 is 0. The highest BCUT2D eigenvalue weighted by Crippen LogP contribution is 2.36. The number of anilines is 1. The second-order valence-electron chi connectivity index (χ2n) is 9.14. The van der Waals surface area contributed by atoms with Crippen molar-refractivity contribution in [1.82, 2.24) is 0 Å². The third-order valence-electron chi connectivity index (χ3n) is 6.97. The molecule has 0 N–H and O–H groups in total. The fourth-order valence-electron chi connectivity index (χ4n) is 5.11. The number of rotatable bonds is 9. The van der Waals surface area contributed by atoms with Crippen molar-refractivity contribution in [2.45, 2.75) is 31.8 Å². The lowest BCUT2D eigenvalue weighted by Crippen LogP contribution is -2.64. The molecule has 0 aliphatic carbocycles. The summed E-state index contributed by atoms with van der Waals surface area (Å²) in [5.41, 5.74) is 2.14. The van der Waals surface area contributed by atoms with Gasteiger partial charge in [0.2, 0.25) is 0 Å². The average molecular weight is 432 g/mol. The fraction of sp³-hybridized carbons (Fsp3) is 0.393. The average Bonchev–Trinajstić information content (AvgIpc) is 2.84. The first-order valence-corrected chi connectivity index (χ1v) is 11.9. The van der Waals surface area contributed by atoms with Crippen LogP contribution in [0, 0.1) is 5.92 Å². The second-order valence-corrected chi connectivity index (χ2v) is 9.14. The van der Waals surface area contributed by atoms with Gasteiger partial charge in [-0.25, -0.2) is 4.79 Å². The molecule has 0 radical (unpaired) electrons. The van der Waals surface area contributed by atoms with Gasteiger partial charge in [0.25, 0.3) is 0 Å². The Hall–Kier alpha value is -2.85. The van der Waals surface area contributed by atoms with Crippen LogP contribution in [0.4, 0.5) is 10.5 Å². The first kappa shape index (κ1) is 22.3. The minimum atomic E-state index is -0.211. The van der Waals surface area contributed by atoms with Crippen molar-refractivity contribution in [2.75, 3.05) is 37.6 Å². The third-order valence-corrected chi connectivity index (χ3v) is 6.97. The number of ether oxygens (including phenoxy) is 1. The Morgan fingerprint density at radius 1 is 1.06 bits per heavy atom. The highest BCUT2D eigenvalue weighted by Gasteiger charge is 2.47. The molecule has 3 heterocycles. The molecule has 3 fully saturated rings. The van der Waals surface area contributed by atoms with Gasteiger partial charge in [-0.15, -0.1) is 6.58 Å². The smallest absolute Gasteiger partial charge is 0.414 e. The zero-order chi connectivity index (χ0) is 22.2. The molecule has 2 bridgehead atoms. The van der Waals surface area contributed by atoms with Gasteiger partial charge in [0.05, 0.1) is 19.6 Å². The summed E-state index contributed by atoms with van der Waals surface area (Å²) in [6.07, 6.45) is 10.2. The number of unbranched alkanes of at least 4 members (excludes halogenated alkanes) is 1. The Bertz CT molecular complexity index is 902. The van der Waals surface area contributed by atoms with Crippen molar-refractivity contribution in [2.24, 2.45) is 5.92 Å². The lowest BCUT2D eigenvalue weighted by atomic mass is 9.83. The number of piperidine rings is 3. The van der Waals surface area contributed by atoms with Gasteiger partial charge >= 0.3 is 6.09 Å². The molecule has 32 heavy (non-hydrogen) atoms. The van der Waals surface area contributed by atoms with Gasteiger partial charge in [-0.3, -0.25) is 4.90 Å². The number of fused-ring (bicyclic) bond motifs is 3. The van der Waals surface area contributed by atoms with Crippen molar-refractivity contribution >= 4 is 17.9 Å². The molecule has 3 aliphatic heterocycles. The molecule has 3 saturated heterocycles. The maximum atomic E-state index is 13.2. The van der Waals surface area contributed by atoms with Crippen LogP contribution < -0.4 is 4.90 Å². The molecule has 0 aromatic heterocycles. The van der Waals surface area contributed by atoms with Crippen LogP contribution in [0.15, 0.2) is 79.4 Å². The standard InChI is InChI=1S/C28H35N2O2/c1-2-3-10-19-29(26-15-8-5-9-16-26)28(31)32-27-23-30(21-17-25(27)18-22-30)20-11-14-24-12-6-4-7-13-24/h2,4-9,11-16,25,27H,1,3,10,17-23H2/q+1/t25?,27-,30?/m0/s1. The Balaban J connectivity index is 1.41. The summed E-state index contributed by atoms with van der Waals surface area (Å²) in [6, 6.07) is 20.3. The molecule has 1 atom stereocenters. The molecule has 2 aromatic rings. The number of benzene rings is 2. The van der Waals surface area contributed by atoms with Gasteiger partial charge in [0.15, 0.2) is 6.10 Å². The Morgan fingerprint density at radius 3 is 2.44 bits per heavy atom. The zero-order valence-corrected chi connectivity index (χ0v) is 18.9. The monoisotopic (exact) mass is 431 g/mol. The number of para-hydroxylation sites is 1. The van der Waals surface area contributed by atoms with Gasteiger partial charge in [-0.1, -0.05) is 60.7 Å². The summed E-state index contributed by atoms with van der Waals surface area (Å²) in [5, 5.41) is 0. The Kier molecular flexibility index (Phi) is 7.43. The van der Waals surface area contributed by atoms with E-state index in [0.29, 0.717) is 12.5 Å². The molecule has 0 saturated carbocycles. The van der Waals surface area contributed by atoms with E-state index in [1.807, 2.05) is 42.5 Å². The van der Waals surface area contributed by atoms with Gasteiger partial charge < -0.3 is 9.22 Å². The van der Waals surface area contributed by atoms with Crippen molar-refractivity contribution in [3.05, 3.63) is 85.0 Å². The lowest BCUT2D eigenvalue weighted by Gasteiger charge is -2.51. The SMILES string of the molecule is C=CCCCN(C(=O)O[C@H]1C[N+]2(CC=Cc3ccccc3)CCC1CC2)c1ccccc1. The predicted octanol–water partition coefficient (Wildman–Crippen LogP) is 5.92. The van der Waals surface area contributed by atoms with Crippen LogP contribution in [0.3, 0.4) is 0 Å². The largest absolute Gasteiger partial charge is 0.440 e. The van der Waals surface area contributed by atoms with Crippen molar-refractivity contribution in [3.63, 3.8) is 0 Å². The van der Waals surface area contributed by atoms with E-state index in [1.165, 1.54) is 18.7 Å². The summed E-state index contributed by atoms with van der Waals surface area (Å²) in [6.45, 7) is 8.73. The highest BCUT2D eigenvalue weighted by molar-refractivity contribution is 5.87. The molecule has 168 valence electrons. The summed E-state index contributed by atoms with van der Waals surface area (Å²) in [7, 11) is 0. The maximum absolute atomic E-state index is 13.2. The van der Waals surface area contributed by atoms with Crippen LogP contribution in [-0.2, 0) is 4.74 Å². The van der Waals surface area contributed by atoms with E-state index in [1.54, 1.807) is 4.90 Å². The van der Waals surface area contributed by atoms with Gasteiger partial charge in [0, 0.05) is 31.0 Å². The number of quaternary nitrogens is 1. The van der Waals surface area contributed by atoms with Crippen LogP contribution in [-0.4, -0.2) is 49.4 Å². The topological polar surface area (TPSA) is 29.5 Å². The van der Waals surface area contributed by atoms with Crippen molar-refractivity contribution in [1.29, 1.82) is 0 Å². The zero-order valence-electron chi connectivity index (χ0n) is 18.9. The Morgan fingerprint density at radius 2 is 1.75 bits per heavy atom. The third kappa shape index (κ3) is 5.49. The number of amides is 1. The number of allylic oxidation sites excluding steroid dienone is 1. The van der Waals surface area contributed by atoms with Crippen LogP contribution >= 0.6 is 0 Å². The quantitative estimate of drug-likeness (QED) is 0.280.